The van der Waals surface area contributed by atoms with Crippen LogP contribution in [0, 0.1) is 22.7 Å². The molecular weight excluding hydrogens is 887 g/mol. The number of benzene rings is 4. The quantitative estimate of drug-likeness (QED) is 0.0217. The summed E-state index contributed by atoms with van der Waals surface area (Å²) in [6.45, 7) is 6.79. The van der Waals surface area contributed by atoms with Crippen LogP contribution in [0.3, 0.4) is 0 Å². The number of likely N-dealkylation sites (N-methyl/N-ethyl adjacent to an activating group) is 2. The molecule has 4 rings (SSSR count). The molecule has 0 unspecified atom stereocenters. The van der Waals surface area contributed by atoms with E-state index < -0.39 is 40.8 Å². The number of nitriles is 2. The minimum Gasteiger partial charge on any atom is -0.491 e. The Morgan fingerprint density at radius 2 is 0.881 bits per heavy atom. The Morgan fingerprint density at radius 3 is 1.16 bits per heavy atom. The summed E-state index contributed by atoms with van der Waals surface area (Å²) in [5.74, 6) is -1.38. The molecule has 0 aliphatic carbocycles. The zero-order valence-corrected chi connectivity index (χ0v) is 37.3. The normalized spacial score (nSPS) is 12.1. The molecule has 0 heterocycles. The molecular formula is C49H50F6N4O8. The third-order valence-electron chi connectivity index (χ3n) is 10.4. The number of esters is 2. The maximum absolute atomic E-state index is 14.8. The van der Waals surface area contributed by atoms with Gasteiger partial charge in [0.2, 0.25) is 5.41 Å². The summed E-state index contributed by atoms with van der Waals surface area (Å²) in [7, 11) is 2.37. The standard InChI is InChI=1S/C49H50F6N4O8/c1-5-58(41-15-7-35(8-16-41)31-37(33-56)45(60)62-3)23-25-64-27-29-66-43-19-11-39(12-20-43)47(48(50,51)52,49(53,54)55)40-13-21-44(22-14-40)67-30-28-65-26-24-59(6-2)42-17-9-36(10-18-42)32-38(34-57)46(61)63-4/h7-22,31-32H,5-6,23-30H2,1-4H3. The molecule has 67 heavy (non-hydrogen) atoms. The van der Waals surface area contributed by atoms with Gasteiger partial charge in [-0.2, -0.15) is 36.9 Å². The molecule has 0 atom stereocenters. The fraction of sp³-hybridized carbons (Fsp3) is 0.347. The molecule has 18 heteroatoms. The zero-order chi connectivity index (χ0) is 49.0. The Balaban J connectivity index is 1.28. The summed E-state index contributed by atoms with van der Waals surface area (Å²) in [5.41, 5.74) is -3.75. The van der Waals surface area contributed by atoms with Gasteiger partial charge < -0.3 is 38.2 Å². The second kappa shape index (κ2) is 25.0. The molecule has 0 bridgehead atoms. The Hall–Kier alpha value is -7.02. The molecule has 0 amide bonds. The average molecular weight is 937 g/mol. The van der Waals surface area contributed by atoms with E-state index >= 15 is 0 Å². The molecule has 0 saturated heterocycles. The van der Waals surface area contributed by atoms with Crippen molar-refractivity contribution < 1.29 is 64.4 Å². The smallest absolute Gasteiger partial charge is 0.411 e. The second-order valence-corrected chi connectivity index (χ2v) is 14.4. The third-order valence-corrected chi connectivity index (χ3v) is 10.4. The molecule has 0 aliphatic rings. The van der Waals surface area contributed by atoms with E-state index in [1.54, 1.807) is 36.4 Å². The summed E-state index contributed by atoms with van der Waals surface area (Å²) in [4.78, 5) is 27.4. The summed E-state index contributed by atoms with van der Waals surface area (Å²) in [6, 6.07) is 25.1. The van der Waals surface area contributed by atoms with Crippen LogP contribution in [0.4, 0.5) is 37.7 Å². The van der Waals surface area contributed by atoms with Gasteiger partial charge in [-0.25, -0.2) is 9.59 Å². The molecule has 0 spiro atoms. The summed E-state index contributed by atoms with van der Waals surface area (Å²) in [6.07, 6.45) is -8.74. The number of carbonyl (C=O) groups excluding carboxylic acids is 2. The lowest BCUT2D eigenvalue weighted by atomic mass is 9.73. The topological polar surface area (TPSA) is 144 Å². The average Bonchev–Trinajstić information content (AvgIpc) is 3.32. The first-order valence-corrected chi connectivity index (χ1v) is 20.9. The zero-order valence-electron chi connectivity index (χ0n) is 37.3. The largest absolute Gasteiger partial charge is 0.491 e. The monoisotopic (exact) mass is 936 g/mol. The van der Waals surface area contributed by atoms with Gasteiger partial charge >= 0.3 is 24.3 Å². The predicted molar refractivity (Wildman–Crippen MR) is 238 cm³/mol. The van der Waals surface area contributed by atoms with E-state index in [1.807, 2.05) is 47.9 Å². The van der Waals surface area contributed by atoms with Crippen molar-refractivity contribution in [2.75, 3.05) is 89.8 Å². The van der Waals surface area contributed by atoms with Crippen LogP contribution in [0.1, 0.15) is 36.1 Å². The Labute approximate surface area is 385 Å². The van der Waals surface area contributed by atoms with E-state index in [0.717, 1.165) is 59.9 Å². The number of ether oxygens (including phenoxy) is 6. The maximum atomic E-state index is 14.8. The number of hydrogen-bond acceptors (Lipinski definition) is 12. The fourth-order valence-corrected chi connectivity index (χ4v) is 6.90. The highest BCUT2D eigenvalue weighted by Gasteiger charge is 2.72. The molecule has 4 aromatic rings. The van der Waals surface area contributed by atoms with Gasteiger partial charge in [-0.1, -0.05) is 48.5 Å². The lowest BCUT2D eigenvalue weighted by molar-refractivity contribution is -0.288. The van der Waals surface area contributed by atoms with Crippen molar-refractivity contribution in [1.82, 2.24) is 0 Å². The predicted octanol–water partition coefficient (Wildman–Crippen LogP) is 9.10. The van der Waals surface area contributed by atoms with E-state index in [0.29, 0.717) is 37.3 Å². The van der Waals surface area contributed by atoms with Gasteiger partial charge in [-0.3, -0.25) is 0 Å². The van der Waals surface area contributed by atoms with Crippen molar-refractivity contribution in [2.45, 2.75) is 31.6 Å². The van der Waals surface area contributed by atoms with Gasteiger partial charge in [0.15, 0.2) is 0 Å². The van der Waals surface area contributed by atoms with Crippen LogP contribution in [0.25, 0.3) is 12.2 Å². The number of nitrogens with zero attached hydrogens (tertiary/aromatic N) is 4. The van der Waals surface area contributed by atoms with Gasteiger partial charge in [0.1, 0.15) is 48.0 Å². The highest BCUT2D eigenvalue weighted by Crippen LogP contribution is 2.56. The Bertz CT molecular complexity index is 2190. The lowest BCUT2D eigenvalue weighted by Gasteiger charge is -2.38. The first-order chi connectivity index (χ1) is 32.1. The summed E-state index contributed by atoms with van der Waals surface area (Å²) in [5, 5.41) is 18.4. The Morgan fingerprint density at radius 1 is 0.537 bits per heavy atom. The van der Waals surface area contributed by atoms with Crippen LogP contribution in [0.5, 0.6) is 11.5 Å². The first-order valence-electron chi connectivity index (χ1n) is 20.9. The molecule has 4 aromatic carbocycles. The van der Waals surface area contributed by atoms with Crippen molar-refractivity contribution in [3.8, 4) is 23.6 Å². The molecule has 0 aliphatic heterocycles. The van der Waals surface area contributed by atoms with E-state index in [-0.39, 0.29) is 62.3 Å². The van der Waals surface area contributed by atoms with Crippen LogP contribution in [-0.4, -0.2) is 104 Å². The molecule has 0 N–H and O–H groups in total. The van der Waals surface area contributed by atoms with Crippen LogP contribution < -0.4 is 19.3 Å². The molecule has 0 aromatic heterocycles. The number of rotatable bonds is 24. The van der Waals surface area contributed by atoms with Crippen LogP contribution >= 0.6 is 0 Å². The molecule has 356 valence electrons. The van der Waals surface area contributed by atoms with Gasteiger partial charge in [0.05, 0.1) is 40.6 Å². The Kier molecular flexibility index (Phi) is 19.7. The molecule has 0 radical (unpaired) electrons. The summed E-state index contributed by atoms with van der Waals surface area (Å²) >= 11 is 0. The van der Waals surface area contributed by atoms with Gasteiger partial charge in [-0.15, -0.1) is 0 Å². The third kappa shape index (κ3) is 14.0. The van der Waals surface area contributed by atoms with Crippen molar-refractivity contribution >= 4 is 35.5 Å². The lowest BCUT2D eigenvalue weighted by Crippen LogP contribution is -2.54. The van der Waals surface area contributed by atoms with E-state index in [9.17, 15) is 46.5 Å². The fourth-order valence-electron chi connectivity index (χ4n) is 6.90. The molecule has 0 saturated carbocycles. The van der Waals surface area contributed by atoms with Gasteiger partial charge in [-0.05, 0) is 96.8 Å². The number of alkyl halides is 6. The second-order valence-electron chi connectivity index (χ2n) is 14.4. The molecule has 12 nitrogen and oxygen atoms in total. The first kappa shape index (κ1) is 52.6. The van der Waals surface area contributed by atoms with Gasteiger partial charge in [0.25, 0.3) is 0 Å². The van der Waals surface area contributed by atoms with E-state index in [4.69, 9.17) is 18.9 Å². The van der Waals surface area contributed by atoms with Gasteiger partial charge in [0, 0.05) is 37.6 Å². The van der Waals surface area contributed by atoms with Crippen molar-refractivity contribution in [3.63, 3.8) is 0 Å². The summed E-state index contributed by atoms with van der Waals surface area (Å²) < 4.78 is 121. The number of methoxy groups -OCH3 is 2. The van der Waals surface area contributed by atoms with Crippen molar-refractivity contribution in [2.24, 2.45) is 0 Å². The maximum Gasteiger partial charge on any atom is 0.411 e. The number of carbonyl (C=O) groups is 2. The number of halogens is 6. The van der Waals surface area contributed by atoms with Crippen LogP contribution in [0.15, 0.2) is 108 Å². The van der Waals surface area contributed by atoms with E-state index in [2.05, 4.69) is 9.47 Å². The van der Waals surface area contributed by atoms with E-state index in [1.165, 1.54) is 26.4 Å². The minimum atomic E-state index is -5.79. The molecule has 0 fully saturated rings. The van der Waals surface area contributed by atoms with Crippen molar-refractivity contribution in [3.05, 3.63) is 130 Å². The van der Waals surface area contributed by atoms with Crippen LogP contribution in [-0.2, 0) is 34.0 Å². The highest BCUT2D eigenvalue weighted by atomic mass is 19.4. The van der Waals surface area contributed by atoms with Crippen molar-refractivity contribution in [1.29, 1.82) is 10.5 Å². The highest BCUT2D eigenvalue weighted by molar-refractivity contribution is 5.98. The van der Waals surface area contributed by atoms with Crippen LogP contribution in [0.2, 0.25) is 0 Å². The minimum absolute atomic E-state index is 0.0258. The number of hydrogen-bond donors (Lipinski definition) is 0. The SMILES string of the molecule is CCN(CCOCCOc1ccc(C(c2ccc(OCCOCCN(CC)c3ccc(C=C(C#N)C(=O)OC)cc3)cc2)(C(F)(F)F)C(F)(F)F)cc1)c1ccc(C=C(C#N)C(=O)OC)cc1. The number of anilines is 2.